The highest BCUT2D eigenvalue weighted by Crippen LogP contribution is 2.12. The fraction of sp³-hybridized carbons (Fsp3) is 0.417. The number of hydrogen-bond acceptors (Lipinski definition) is 2. The monoisotopic (exact) mass is 222 g/mol. The average molecular weight is 222 g/mol. The van der Waals surface area contributed by atoms with Crippen LogP contribution in [0.4, 0.5) is 4.79 Å². The minimum Gasteiger partial charge on any atom is -0.497 e. The molecule has 1 rings (SSSR count). The summed E-state index contributed by atoms with van der Waals surface area (Å²) in [5.74, 6) is 0.824. The maximum atomic E-state index is 11.6. The van der Waals surface area contributed by atoms with Crippen molar-refractivity contribution < 1.29 is 9.53 Å². The second-order valence-corrected chi connectivity index (χ2v) is 3.88. The Bertz CT molecular complexity index is 347. The van der Waals surface area contributed by atoms with Gasteiger partial charge in [-0.15, -0.1) is 0 Å². The molecule has 0 aliphatic rings. The molecule has 0 aliphatic heterocycles. The smallest absolute Gasteiger partial charge is 0.319 e. The van der Waals surface area contributed by atoms with Crippen LogP contribution in [0, 0.1) is 0 Å². The first-order valence-corrected chi connectivity index (χ1v) is 5.10. The molecule has 0 spiro atoms. The molecule has 0 heterocycles. The molecule has 4 nitrogen and oxygen atoms in total. The number of carbonyl (C=O) groups is 1. The number of ether oxygens (including phenoxy) is 1. The molecule has 2 amide bonds. The van der Waals surface area contributed by atoms with Gasteiger partial charge in [-0.1, -0.05) is 12.1 Å². The van der Waals surface area contributed by atoms with Crippen LogP contribution in [0.15, 0.2) is 24.3 Å². The number of carbonyl (C=O) groups excluding carboxylic acids is 1. The van der Waals surface area contributed by atoms with Gasteiger partial charge < -0.3 is 14.5 Å². The molecule has 88 valence electrons. The fourth-order valence-corrected chi connectivity index (χ4v) is 1.41. The van der Waals surface area contributed by atoms with Crippen LogP contribution in [0.2, 0.25) is 0 Å². The summed E-state index contributed by atoms with van der Waals surface area (Å²) in [7, 11) is 6.91. The summed E-state index contributed by atoms with van der Waals surface area (Å²) in [5, 5.41) is 0. The Labute approximate surface area is 96.4 Å². The molecule has 0 unspecified atom stereocenters. The molecule has 0 N–H and O–H groups in total. The Balaban J connectivity index is 2.62. The molecule has 0 bridgehead atoms. The highest BCUT2D eigenvalue weighted by atomic mass is 16.5. The van der Waals surface area contributed by atoms with Crippen molar-refractivity contribution >= 4 is 6.03 Å². The van der Waals surface area contributed by atoms with Gasteiger partial charge in [0.1, 0.15) is 5.75 Å². The Kier molecular flexibility index (Phi) is 4.17. The van der Waals surface area contributed by atoms with Crippen molar-refractivity contribution in [1.29, 1.82) is 0 Å². The zero-order valence-corrected chi connectivity index (χ0v) is 10.2. The molecular formula is C12H18N2O2. The summed E-state index contributed by atoms with van der Waals surface area (Å²) < 4.78 is 5.07. The molecule has 1 aromatic rings. The second-order valence-electron chi connectivity index (χ2n) is 3.88. The molecule has 0 atom stereocenters. The molecule has 0 fully saturated rings. The van der Waals surface area contributed by atoms with E-state index in [-0.39, 0.29) is 6.03 Å². The van der Waals surface area contributed by atoms with Gasteiger partial charge in [-0.3, -0.25) is 0 Å². The van der Waals surface area contributed by atoms with Gasteiger partial charge in [-0.2, -0.15) is 0 Å². The van der Waals surface area contributed by atoms with Gasteiger partial charge >= 0.3 is 6.03 Å². The van der Waals surface area contributed by atoms with Crippen LogP contribution in [0.25, 0.3) is 0 Å². The number of methoxy groups -OCH3 is 1. The van der Waals surface area contributed by atoms with Gasteiger partial charge in [-0.25, -0.2) is 4.79 Å². The van der Waals surface area contributed by atoms with Crippen LogP contribution in [0.3, 0.4) is 0 Å². The van der Waals surface area contributed by atoms with Gasteiger partial charge in [0.25, 0.3) is 0 Å². The van der Waals surface area contributed by atoms with Crippen molar-refractivity contribution in [3.05, 3.63) is 29.8 Å². The van der Waals surface area contributed by atoms with E-state index in [1.54, 1.807) is 38.1 Å². The van der Waals surface area contributed by atoms with Crippen LogP contribution < -0.4 is 4.74 Å². The van der Waals surface area contributed by atoms with Crippen molar-refractivity contribution in [3.8, 4) is 5.75 Å². The molecule has 0 saturated carbocycles. The van der Waals surface area contributed by atoms with E-state index in [2.05, 4.69) is 0 Å². The van der Waals surface area contributed by atoms with E-state index < -0.39 is 0 Å². The molecule has 0 aromatic heterocycles. The highest BCUT2D eigenvalue weighted by Gasteiger charge is 2.10. The third kappa shape index (κ3) is 3.15. The van der Waals surface area contributed by atoms with E-state index in [9.17, 15) is 4.79 Å². The van der Waals surface area contributed by atoms with E-state index in [1.807, 2.05) is 24.3 Å². The standard InChI is InChI=1S/C12H18N2O2/c1-13(2)12(15)14(3)9-10-5-7-11(16-4)8-6-10/h5-8H,9H2,1-4H3. The molecule has 0 aliphatic carbocycles. The van der Waals surface area contributed by atoms with Gasteiger partial charge in [-0.05, 0) is 17.7 Å². The Morgan fingerprint density at radius 1 is 1.19 bits per heavy atom. The Morgan fingerprint density at radius 2 is 1.75 bits per heavy atom. The molecular weight excluding hydrogens is 204 g/mol. The number of hydrogen-bond donors (Lipinski definition) is 0. The number of urea groups is 1. The largest absolute Gasteiger partial charge is 0.497 e. The topological polar surface area (TPSA) is 32.8 Å². The Hall–Kier alpha value is -1.71. The SMILES string of the molecule is COc1ccc(CN(C)C(=O)N(C)C)cc1. The van der Waals surface area contributed by atoms with Gasteiger partial charge in [0, 0.05) is 27.7 Å². The van der Waals surface area contributed by atoms with Crippen LogP contribution in [0.1, 0.15) is 5.56 Å². The summed E-state index contributed by atoms with van der Waals surface area (Å²) >= 11 is 0. The summed E-state index contributed by atoms with van der Waals surface area (Å²) in [6.45, 7) is 0.598. The fourth-order valence-electron chi connectivity index (χ4n) is 1.41. The molecule has 16 heavy (non-hydrogen) atoms. The molecule has 1 aromatic carbocycles. The van der Waals surface area contributed by atoms with E-state index in [0.29, 0.717) is 6.54 Å². The van der Waals surface area contributed by atoms with Crippen LogP contribution in [0.5, 0.6) is 5.75 Å². The van der Waals surface area contributed by atoms with Crippen LogP contribution in [-0.4, -0.2) is 44.1 Å². The van der Waals surface area contributed by atoms with Gasteiger partial charge in [0.15, 0.2) is 0 Å². The van der Waals surface area contributed by atoms with Crippen LogP contribution >= 0.6 is 0 Å². The Morgan fingerprint density at radius 3 is 2.19 bits per heavy atom. The number of amides is 2. The first-order valence-electron chi connectivity index (χ1n) is 5.10. The molecule has 0 radical (unpaired) electrons. The van der Waals surface area contributed by atoms with Crippen molar-refractivity contribution in [1.82, 2.24) is 9.80 Å². The summed E-state index contributed by atoms with van der Waals surface area (Å²) in [6, 6.07) is 7.69. The number of benzene rings is 1. The molecule has 4 heteroatoms. The van der Waals surface area contributed by atoms with E-state index in [1.165, 1.54) is 0 Å². The lowest BCUT2D eigenvalue weighted by atomic mass is 10.2. The van der Waals surface area contributed by atoms with Crippen LogP contribution in [-0.2, 0) is 6.54 Å². The summed E-state index contributed by atoms with van der Waals surface area (Å²) in [5.41, 5.74) is 1.08. The third-order valence-corrected chi connectivity index (χ3v) is 2.29. The van der Waals surface area contributed by atoms with Crippen molar-refractivity contribution in [3.63, 3.8) is 0 Å². The van der Waals surface area contributed by atoms with Gasteiger partial charge in [0.05, 0.1) is 7.11 Å². The lowest BCUT2D eigenvalue weighted by Gasteiger charge is -2.21. The summed E-state index contributed by atoms with van der Waals surface area (Å²) in [4.78, 5) is 14.8. The zero-order chi connectivity index (χ0) is 12.1. The minimum atomic E-state index is -0.00387. The molecule has 0 saturated heterocycles. The lowest BCUT2D eigenvalue weighted by molar-refractivity contribution is 0.180. The van der Waals surface area contributed by atoms with Crippen molar-refractivity contribution in [2.75, 3.05) is 28.3 Å². The normalized spacial score (nSPS) is 9.75. The number of rotatable bonds is 3. The van der Waals surface area contributed by atoms with Gasteiger partial charge in [0.2, 0.25) is 0 Å². The first-order chi connectivity index (χ1) is 7.54. The van der Waals surface area contributed by atoms with Crippen molar-refractivity contribution in [2.24, 2.45) is 0 Å². The number of nitrogens with zero attached hydrogens (tertiary/aromatic N) is 2. The van der Waals surface area contributed by atoms with E-state index in [0.717, 1.165) is 11.3 Å². The minimum absolute atomic E-state index is 0.00387. The lowest BCUT2D eigenvalue weighted by Crippen LogP contribution is -2.35. The quantitative estimate of drug-likeness (QED) is 0.781. The maximum absolute atomic E-state index is 11.6. The predicted molar refractivity (Wildman–Crippen MR) is 63.5 cm³/mol. The van der Waals surface area contributed by atoms with E-state index >= 15 is 0 Å². The highest BCUT2D eigenvalue weighted by molar-refractivity contribution is 5.73. The van der Waals surface area contributed by atoms with Crippen molar-refractivity contribution in [2.45, 2.75) is 6.54 Å². The average Bonchev–Trinajstić information content (AvgIpc) is 2.28. The summed E-state index contributed by atoms with van der Waals surface area (Å²) in [6.07, 6.45) is 0. The first kappa shape index (κ1) is 12.4. The van der Waals surface area contributed by atoms with E-state index in [4.69, 9.17) is 4.74 Å². The maximum Gasteiger partial charge on any atom is 0.319 e. The second kappa shape index (κ2) is 5.39. The third-order valence-electron chi connectivity index (χ3n) is 2.29. The predicted octanol–water partition coefficient (Wildman–Crippen LogP) is 1.81. The zero-order valence-electron chi connectivity index (χ0n) is 10.2.